The molecule has 5 heteroatoms. The minimum atomic E-state index is -0.321. The van der Waals surface area contributed by atoms with E-state index in [1.165, 1.54) is 29.7 Å². The van der Waals surface area contributed by atoms with E-state index < -0.39 is 0 Å². The summed E-state index contributed by atoms with van der Waals surface area (Å²) in [5.41, 5.74) is 5.89. The van der Waals surface area contributed by atoms with Crippen molar-refractivity contribution in [2.24, 2.45) is 0 Å². The molecule has 0 spiro atoms. The minimum absolute atomic E-state index is 0.321. The lowest BCUT2D eigenvalue weighted by Crippen LogP contribution is -1.80. The summed E-state index contributed by atoms with van der Waals surface area (Å²) in [7, 11) is 0. The van der Waals surface area contributed by atoms with Gasteiger partial charge in [-0.1, -0.05) is 22.9 Å². The van der Waals surface area contributed by atoms with Crippen molar-refractivity contribution in [2.45, 2.75) is 0 Å². The predicted octanol–water partition coefficient (Wildman–Crippen LogP) is 3.18. The number of nitrogens with zero attached hydrogens (tertiary/aromatic N) is 1. The van der Waals surface area contributed by atoms with Gasteiger partial charge in [-0.15, -0.1) is 0 Å². The van der Waals surface area contributed by atoms with Gasteiger partial charge in [-0.2, -0.15) is 0 Å². The van der Waals surface area contributed by atoms with Crippen molar-refractivity contribution < 1.29 is 4.39 Å². The van der Waals surface area contributed by atoms with Crippen LogP contribution in [0.3, 0.4) is 0 Å². The Kier molecular flexibility index (Phi) is 2.39. The maximum absolute atomic E-state index is 13.3. The third-order valence-electron chi connectivity index (χ3n) is 1.72. The molecule has 0 atom stereocenters. The Morgan fingerprint density at radius 1 is 1.43 bits per heavy atom. The quantitative estimate of drug-likeness (QED) is 0.814. The number of hydrogen-bond donors (Lipinski definition) is 1. The molecule has 0 fully saturated rings. The molecule has 1 heterocycles. The molecule has 0 bridgehead atoms. The Bertz CT molecular complexity index is 470. The SMILES string of the molecule is Nc1ncc(-c2cc(Cl)ccc2F)s1. The summed E-state index contributed by atoms with van der Waals surface area (Å²) in [4.78, 5) is 4.53. The van der Waals surface area contributed by atoms with Crippen LogP contribution in [0.4, 0.5) is 9.52 Å². The van der Waals surface area contributed by atoms with Crippen molar-refractivity contribution in [3.8, 4) is 10.4 Å². The average molecular weight is 229 g/mol. The van der Waals surface area contributed by atoms with Gasteiger partial charge in [0.05, 0.1) is 4.88 Å². The van der Waals surface area contributed by atoms with Gasteiger partial charge >= 0.3 is 0 Å². The van der Waals surface area contributed by atoms with Gasteiger partial charge in [0, 0.05) is 16.8 Å². The second-order valence-electron chi connectivity index (χ2n) is 2.69. The van der Waals surface area contributed by atoms with Crippen LogP contribution >= 0.6 is 22.9 Å². The van der Waals surface area contributed by atoms with Gasteiger partial charge in [0.25, 0.3) is 0 Å². The highest BCUT2D eigenvalue weighted by atomic mass is 35.5. The average Bonchev–Trinajstić information content (AvgIpc) is 2.56. The van der Waals surface area contributed by atoms with Gasteiger partial charge < -0.3 is 5.73 Å². The number of anilines is 1. The van der Waals surface area contributed by atoms with Crippen LogP contribution in [0.2, 0.25) is 5.02 Å². The Hall–Kier alpha value is -1.13. The van der Waals surface area contributed by atoms with Crippen LogP contribution in [-0.4, -0.2) is 4.98 Å². The third-order valence-corrected chi connectivity index (χ3v) is 2.81. The predicted molar refractivity (Wildman–Crippen MR) is 56.9 cm³/mol. The van der Waals surface area contributed by atoms with Crippen molar-refractivity contribution in [2.75, 3.05) is 5.73 Å². The van der Waals surface area contributed by atoms with Crippen molar-refractivity contribution in [1.29, 1.82) is 0 Å². The smallest absolute Gasteiger partial charge is 0.180 e. The summed E-state index contributed by atoms with van der Waals surface area (Å²) < 4.78 is 13.3. The summed E-state index contributed by atoms with van der Waals surface area (Å²) in [6.45, 7) is 0. The number of aromatic nitrogens is 1. The second kappa shape index (κ2) is 3.55. The molecule has 72 valence electrons. The lowest BCUT2D eigenvalue weighted by Gasteiger charge is -1.99. The van der Waals surface area contributed by atoms with E-state index in [4.69, 9.17) is 17.3 Å². The molecule has 0 aliphatic carbocycles. The lowest BCUT2D eigenvalue weighted by atomic mass is 10.2. The second-order valence-corrected chi connectivity index (χ2v) is 4.19. The normalized spacial score (nSPS) is 10.4. The highest BCUT2D eigenvalue weighted by Crippen LogP contribution is 2.31. The molecule has 0 amide bonds. The van der Waals surface area contributed by atoms with E-state index in [1.54, 1.807) is 6.07 Å². The van der Waals surface area contributed by atoms with Gasteiger partial charge in [-0.25, -0.2) is 9.37 Å². The van der Waals surface area contributed by atoms with Crippen LogP contribution in [0, 0.1) is 5.82 Å². The molecule has 0 saturated heterocycles. The summed E-state index contributed by atoms with van der Waals surface area (Å²) in [5, 5.41) is 0.910. The fourth-order valence-corrected chi connectivity index (χ4v) is 1.97. The first kappa shape index (κ1) is 9.43. The molecule has 0 unspecified atom stereocenters. The monoisotopic (exact) mass is 228 g/mol. The van der Waals surface area contributed by atoms with Crippen LogP contribution in [0.5, 0.6) is 0 Å². The summed E-state index contributed by atoms with van der Waals surface area (Å²) in [6, 6.07) is 4.39. The number of thiazole rings is 1. The maximum Gasteiger partial charge on any atom is 0.180 e. The van der Waals surface area contributed by atoms with E-state index in [0.29, 0.717) is 20.6 Å². The number of nitrogens with two attached hydrogens (primary N) is 1. The summed E-state index contributed by atoms with van der Waals surface area (Å²) in [6.07, 6.45) is 1.54. The first-order valence-electron chi connectivity index (χ1n) is 3.83. The number of halogens is 2. The largest absolute Gasteiger partial charge is 0.375 e. The van der Waals surface area contributed by atoms with E-state index in [-0.39, 0.29) is 5.82 Å². The molecule has 2 rings (SSSR count). The van der Waals surface area contributed by atoms with Crippen LogP contribution in [0.15, 0.2) is 24.4 Å². The first-order chi connectivity index (χ1) is 6.66. The van der Waals surface area contributed by atoms with E-state index in [2.05, 4.69) is 4.98 Å². The van der Waals surface area contributed by atoms with Gasteiger partial charge in [-0.05, 0) is 18.2 Å². The van der Waals surface area contributed by atoms with E-state index in [9.17, 15) is 4.39 Å². The van der Waals surface area contributed by atoms with E-state index in [0.717, 1.165) is 0 Å². The number of rotatable bonds is 1. The zero-order valence-electron chi connectivity index (χ0n) is 7.00. The minimum Gasteiger partial charge on any atom is -0.375 e. The molecular formula is C9H6ClFN2S. The summed E-state index contributed by atoms with van der Waals surface area (Å²) in [5.74, 6) is -0.321. The molecule has 0 aliphatic heterocycles. The van der Waals surface area contributed by atoms with E-state index in [1.807, 2.05) is 0 Å². The number of hydrogen-bond acceptors (Lipinski definition) is 3. The number of benzene rings is 1. The van der Waals surface area contributed by atoms with Gasteiger partial charge in [0.1, 0.15) is 5.82 Å². The Morgan fingerprint density at radius 3 is 2.86 bits per heavy atom. The molecular weight excluding hydrogens is 223 g/mol. The van der Waals surface area contributed by atoms with Gasteiger partial charge in [0.15, 0.2) is 5.13 Å². The highest BCUT2D eigenvalue weighted by Gasteiger charge is 2.08. The third kappa shape index (κ3) is 1.71. The van der Waals surface area contributed by atoms with Crippen LogP contribution in [0.1, 0.15) is 0 Å². The molecule has 2 N–H and O–H groups in total. The molecule has 0 saturated carbocycles. The standard InChI is InChI=1S/C9H6ClFN2S/c10-5-1-2-7(11)6(3-5)8-4-13-9(12)14-8/h1-4H,(H2,12,13). The van der Waals surface area contributed by atoms with Crippen molar-refractivity contribution in [1.82, 2.24) is 4.98 Å². The number of nitrogen functional groups attached to an aromatic ring is 1. The van der Waals surface area contributed by atoms with Crippen LogP contribution < -0.4 is 5.73 Å². The lowest BCUT2D eigenvalue weighted by molar-refractivity contribution is 0.631. The molecule has 2 aromatic rings. The van der Waals surface area contributed by atoms with Crippen LogP contribution in [-0.2, 0) is 0 Å². The Balaban J connectivity index is 2.55. The molecule has 14 heavy (non-hydrogen) atoms. The zero-order chi connectivity index (χ0) is 10.1. The van der Waals surface area contributed by atoms with E-state index >= 15 is 0 Å². The topological polar surface area (TPSA) is 38.9 Å². The molecule has 2 nitrogen and oxygen atoms in total. The molecule has 1 aromatic carbocycles. The highest BCUT2D eigenvalue weighted by molar-refractivity contribution is 7.18. The van der Waals surface area contributed by atoms with Gasteiger partial charge in [-0.3, -0.25) is 0 Å². The molecule has 0 aliphatic rings. The molecule has 1 aromatic heterocycles. The zero-order valence-corrected chi connectivity index (χ0v) is 8.57. The molecule has 0 radical (unpaired) electrons. The summed E-state index contributed by atoms with van der Waals surface area (Å²) >= 11 is 6.99. The first-order valence-corrected chi connectivity index (χ1v) is 5.03. The maximum atomic E-state index is 13.3. The Labute approximate surface area is 89.2 Å². The van der Waals surface area contributed by atoms with Crippen molar-refractivity contribution in [3.63, 3.8) is 0 Å². The fraction of sp³-hybridized carbons (Fsp3) is 0. The Morgan fingerprint density at radius 2 is 2.21 bits per heavy atom. The fourth-order valence-electron chi connectivity index (χ4n) is 1.10. The van der Waals surface area contributed by atoms with Crippen molar-refractivity contribution in [3.05, 3.63) is 35.2 Å². The van der Waals surface area contributed by atoms with Crippen LogP contribution in [0.25, 0.3) is 10.4 Å². The van der Waals surface area contributed by atoms with Gasteiger partial charge in [0.2, 0.25) is 0 Å². The van der Waals surface area contributed by atoms with Crippen molar-refractivity contribution >= 4 is 28.1 Å².